The second-order valence-corrected chi connectivity index (χ2v) is 9.91. The molecule has 1 saturated heterocycles. The fraction of sp³-hybridized carbons (Fsp3) is 0.818. The first-order chi connectivity index (χ1) is 12.1. The molecule has 1 aliphatic heterocycles. The van der Waals surface area contributed by atoms with Crippen LogP contribution in [0.3, 0.4) is 0 Å². The van der Waals surface area contributed by atoms with Gasteiger partial charge in [0.25, 0.3) is 0 Å². The topological polar surface area (TPSA) is 52.6 Å². The van der Waals surface area contributed by atoms with E-state index in [1.54, 1.807) is 0 Å². The van der Waals surface area contributed by atoms with Crippen molar-refractivity contribution in [3.63, 3.8) is 0 Å². The van der Waals surface area contributed by atoms with Crippen LogP contribution in [0.4, 0.5) is 0 Å². The highest BCUT2D eigenvalue weighted by atomic mass is 16.6. The lowest BCUT2D eigenvalue weighted by Crippen LogP contribution is -2.72. The van der Waals surface area contributed by atoms with Gasteiger partial charge in [0.15, 0.2) is 5.60 Å². The van der Waals surface area contributed by atoms with Crippen LogP contribution in [-0.4, -0.2) is 30.1 Å². The van der Waals surface area contributed by atoms with Gasteiger partial charge in [-0.25, -0.2) is 0 Å². The number of carbonyl (C=O) groups is 2. The number of ketones is 1. The fourth-order valence-electron chi connectivity index (χ4n) is 6.53. The molecule has 5 atom stereocenters. The van der Waals surface area contributed by atoms with E-state index in [1.165, 1.54) is 18.1 Å². The third-order valence-electron chi connectivity index (χ3n) is 8.35. The number of fused-ring (bicyclic) bond motifs is 5. The molecule has 2 saturated carbocycles. The number of allylic oxidation sites excluding steroid dienone is 2. The van der Waals surface area contributed by atoms with E-state index in [1.807, 2.05) is 0 Å². The largest absolute Gasteiger partial charge is 0.454 e. The predicted molar refractivity (Wildman–Crippen MR) is 98.5 cm³/mol. The summed E-state index contributed by atoms with van der Waals surface area (Å²) in [5.41, 5.74) is 1.80. The summed E-state index contributed by atoms with van der Waals surface area (Å²) in [6.45, 7) is 10.9. The van der Waals surface area contributed by atoms with Crippen LogP contribution in [0.1, 0.15) is 73.1 Å². The van der Waals surface area contributed by atoms with E-state index in [-0.39, 0.29) is 23.4 Å². The van der Waals surface area contributed by atoms with Crippen molar-refractivity contribution >= 4 is 11.8 Å². The Morgan fingerprint density at radius 3 is 2.58 bits per heavy atom. The monoisotopic (exact) mass is 360 g/mol. The molecule has 0 amide bonds. The molecule has 4 nitrogen and oxygen atoms in total. The Balaban J connectivity index is 1.81. The van der Waals surface area contributed by atoms with Gasteiger partial charge >= 0.3 is 5.97 Å². The van der Waals surface area contributed by atoms with Crippen molar-refractivity contribution in [1.29, 1.82) is 0 Å². The molecule has 0 N–H and O–H groups in total. The first kappa shape index (κ1) is 18.2. The van der Waals surface area contributed by atoms with Crippen molar-refractivity contribution in [2.75, 3.05) is 6.61 Å². The van der Waals surface area contributed by atoms with Crippen LogP contribution in [0, 0.1) is 22.7 Å². The van der Waals surface area contributed by atoms with Crippen molar-refractivity contribution in [3.8, 4) is 0 Å². The maximum atomic E-state index is 13.5. The maximum absolute atomic E-state index is 13.5. The van der Waals surface area contributed by atoms with Crippen LogP contribution in [0.15, 0.2) is 11.1 Å². The third-order valence-corrected chi connectivity index (χ3v) is 8.35. The quantitative estimate of drug-likeness (QED) is 0.519. The van der Waals surface area contributed by atoms with E-state index in [0.717, 1.165) is 32.1 Å². The van der Waals surface area contributed by atoms with Crippen molar-refractivity contribution in [2.45, 2.75) is 84.8 Å². The summed E-state index contributed by atoms with van der Waals surface area (Å²) >= 11 is 0. The molecule has 0 spiro atoms. The molecule has 0 aromatic carbocycles. The first-order valence-electron chi connectivity index (χ1n) is 10.1. The highest BCUT2D eigenvalue weighted by Gasteiger charge is 2.67. The third kappa shape index (κ3) is 2.30. The molecule has 4 heteroatoms. The zero-order valence-corrected chi connectivity index (χ0v) is 16.8. The van der Waals surface area contributed by atoms with Gasteiger partial charge in [-0.1, -0.05) is 31.9 Å². The molecule has 3 fully saturated rings. The normalized spacial score (nSPS) is 44.2. The molecule has 0 aromatic heterocycles. The summed E-state index contributed by atoms with van der Waals surface area (Å²) in [5, 5.41) is 0. The van der Waals surface area contributed by atoms with Crippen LogP contribution >= 0.6 is 0 Å². The number of esters is 1. The van der Waals surface area contributed by atoms with Gasteiger partial charge in [0.2, 0.25) is 0 Å². The Kier molecular flexibility index (Phi) is 3.97. The molecule has 1 heterocycles. The van der Waals surface area contributed by atoms with E-state index in [4.69, 9.17) is 9.47 Å². The van der Waals surface area contributed by atoms with Crippen molar-refractivity contribution in [2.24, 2.45) is 22.7 Å². The molecule has 0 unspecified atom stereocenters. The number of rotatable bonds is 1. The number of hydrogen-bond donors (Lipinski definition) is 0. The molecule has 2 bridgehead atoms. The van der Waals surface area contributed by atoms with Crippen LogP contribution in [-0.2, 0) is 19.1 Å². The molecule has 0 aromatic rings. The fourth-order valence-corrected chi connectivity index (χ4v) is 6.53. The summed E-state index contributed by atoms with van der Waals surface area (Å²) in [5.74, 6) is 0.659. The molecule has 0 radical (unpaired) electrons. The average molecular weight is 360 g/mol. The highest BCUT2D eigenvalue weighted by molar-refractivity contribution is 5.88. The Bertz CT molecular complexity index is 690. The van der Waals surface area contributed by atoms with Crippen molar-refractivity contribution in [3.05, 3.63) is 11.1 Å². The lowest BCUT2D eigenvalue weighted by Gasteiger charge is -2.62. The summed E-state index contributed by atoms with van der Waals surface area (Å²) in [6.07, 6.45) is 5.34. The highest BCUT2D eigenvalue weighted by Crippen LogP contribution is 2.61. The van der Waals surface area contributed by atoms with Crippen LogP contribution < -0.4 is 0 Å². The molecule has 4 aliphatic rings. The first-order valence-corrected chi connectivity index (χ1v) is 10.1. The van der Waals surface area contributed by atoms with Crippen molar-refractivity contribution < 1.29 is 19.1 Å². The number of Topliss-reactive ketones (excluding diaryl/α,β-unsaturated/α-hetero) is 1. The van der Waals surface area contributed by atoms with E-state index in [9.17, 15) is 9.59 Å². The Hall–Kier alpha value is -1.16. The second-order valence-electron chi connectivity index (χ2n) is 9.91. The number of hydrogen-bond acceptors (Lipinski definition) is 4. The number of carbonyl (C=O) groups excluding carboxylic acids is 2. The Morgan fingerprint density at radius 1 is 1.23 bits per heavy atom. The van der Waals surface area contributed by atoms with Gasteiger partial charge in [0, 0.05) is 24.7 Å². The zero-order chi connectivity index (χ0) is 18.9. The minimum absolute atomic E-state index is 0.0360. The van der Waals surface area contributed by atoms with Gasteiger partial charge in [0.1, 0.15) is 11.9 Å². The van der Waals surface area contributed by atoms with Gasteiger partial charge in [-0.3, -0.25) is 9.59 Å². The summed E-state index contributed by atoms with van der Waals surface area (Å²) in [4.78, 5) is 25.5. The molecular weight excluding hydrogens is 328 g/mol. The van der Waals surface area contributed by atoms with E-state index in [2.05, 4.69) is 27.7 Å². The Morgan fingerprint density at radius 2 is 1.96 bits per heavy atom. The van der Waals surface area contributed by atoms with Gasteiger partial charge < -0.3 is 9.47 Å². The van der Waals surface area contributed by atoms with Crippen molar-refractivity contribution in [1.82, 2.24) is 0 Å². The van der Waals surface area contributed by atoms with E-state index in [0.29, 0.717) is 24.7 Å². The second kappa shape index (κ2) is 5.67. The lowest BCUT2D eigenvalue weighted by molar-refractivity contribution is -0.306. The molecule has 26 heavy (non-hydrogen) atoms. The standard InChI is InChI=1S/C22H32O4/c1-13-6-7-15-10-17-21(5,18(24)11-16(13)20(15,3)4)9-8-19-22(17,12-25-19)26-14(2)23/h15,17,19H,6-12H2,1-5H3/t15-,17-,19+,21+,22+/m0/s1. The van der Waals surface area contributed by atoms with E-state index >= 15 is 0 Å². The average Bonchev–Trinajstić information content (AvgIpc) is 2.53. The van der Waals surface area contributed by atoms with Gasteiger partial charge in [-0.15, -0.1) is 0 Å². The minimum atomic E-state index is -0.599. The molecular formula is C22H32O4. The lowest BCUT2D eigenvalue weighted by atomic mass is 9.48. The molecule has 4 rings (SSSR count). The number of ether oxygens (including phenoxy) is 2. The summed E-state index contributed by atoms with van der Waals surface area (Å²) in [6, 6.07) is 0. The SMILES string of the molecule is CC(=O)O[C@@]12CO[C@@H]1CC[C@@]1(C)C(=O)CC3=C(C)CC[C@@H](C[C@H]21)C3(C)C. The van der Waals surface area contributed by atoms with Crippen LogP contribution in [0.25, 0.3) is 0 Å². The smallest absolute Gasteiger partial charge is 0.303 e. The van der Waals surface area contributed by atoms with Gasteiger partial charge in [-0.05, 0) is 50.4 Å². The van der Waals surface area contributed by atoms with Gasteiger partial charge in [0.05, 0.1) is 6.61 Å². The molecule has 144 valence electrons. The minimum Gasteiger partial charge on any atom is -0.454 e. The van der Waals surface area contributed by atoms with Gasteiger partial charge in [-0.2, -0.15) is 0 Å². The van der Waals surface area contributed by atoms with Crippen LogP contribution in [0.5, 0.6) is 0 Å². The Labute approximate surface area is 156 Å². The summed E-state index contributed by atoms with van der Waals surface area (Å²) < 4.78 is 11.8. The maximum Gasteiger partial charge on any atom is 0.303 e. The predicted octanol–water partition coefficient (Wildman–Crippen LogP) is 4.22. The van der Waals surface area contributed by atoms with E-state index < -0.39 is 11.0 Å². The van der Waals surface area contributed by atoms with Crippen LogP contribution in [0.2, 0.25) is 0 Å². The molecule has 3 aliphatic carbocycles. The zero-order valence-electron chi connectivity index (χ0n) is 16.8. The summed E-state index contributed by atoms with van der Waals surface area (Å²) in [7, 11) is 0.